The molecule has 0 atom stereocenters. The van der Waals surface area contributed by atoms with Crippen LogP contribution in [-0.4, -0.2) is 29.7 Å². The topological polar surface area (TPSA) is 81.4 Å². The second kappa shape index (κ2) is 5.70. The maximum absolute atomic E-state index is 13.5. The molecule has 0 aliphatic rings. The zero-order valence-electron chi connectivity index (χ0n) is 10.2. The molecule has 0 bridgehead atoms. The van der Waals surface area contributed by atoms with E-state index in [0.717, 1.165) is 0 Å². The van der Waals surface area contributed by atoms with Crippen molar-refractivity contribution in [2.45, 2.75) is 0 Å². The highest BCUT2D eigenvalue weighted by molar-refractivity contribution is 9.10. The predicted octanol–water partition coefficient (Wildman–Crippen LogP) is 2.75. The third kappa shape index (κ3) is 3.14. The molecule has 0 amide bonds. The van der Waals surface area contributed by atoms with Gasteiger partial charge in [-0.3, -0.25) is 0 Å². The summed E-state index contributed by atoms with van der Waals surface area (Å²) in [5.74, 6) is -0.0357. The van der Waals surface area contributed by atoms with E-state index in [-0.39, 0.29) is 17.2 Å². The Kier molecular flexibility index (Phi) is 3.76. The van der Waals surface area contributed by atoms with E-state index in [9.17, 15) is 4.39 Å². The Morgan fingerprint density at radius 2 is 2.10 bits per heavy atom. The van der Waals surface area contributed by atoms with Crippen LogP contribution < -0.4 is 5.32 Å². The first-order valence-electron chi connectivity index (χ1n) is 5.60. The largest absolute Gasteiger partial charge is 0.324 e. The molecule has 21 heavy (non-hydrogen) atoms. The zero-order chi connectivity index (χ0) is 14.8. The second-order valence-electron chi connectivity index (χ2n) is 3.82. The van der Waals surface area contributed by atoms with Crippen molar-refractivity contribution in [1.82, 2.24) is 29.7 Å². The Balaban J connectivity index is 1.93. The van der Waals surface area contributed by atoms with Crippen molar-refractivity contribution >= 4 is 39.2 Å². The van der Waals surface area contributed by atoms with Gasteiger partial charge in [-0.2, -0.15) is 24.7 Å². The second-order valence-corrected chi connectivity index (χ2v) is 5.01. The first-order valence-corrected chi connectivity index (χ1v) is 6.77. The molecular weight excluding hydrogens is 365 g/mol. The van der Waals surface area contributed by atoms with Gasteiger partial charge in [-0.15, -0.1) is 0 Å². The van der Waals surface area contributed by atoms with E-state index in [4.69, 9.17) is 11.6 Å². The summed E-state index contributed by atoms with van der Waals surface area (Å²) in [4.78, 5) is 15.8. The summed E-state index contributed by atoms with van der Waals surface area (Å²) in [7, 11) is 0. The lowest BCUT2D eigenvalue weighted by Gasteiger charge is -2.07. The van der Waals surface area contributed by atoms with E-state index in [2.05, 4.69) is 46.3 Å². The van der Waals surface area contributed by atoms with Crippen LogP contribution >= 0.6 is 27.5 Å². The number of rotatable bonds is 3. The van der Waals surface area contributed by atoms with Gasteiger partial charge in [0.15, 0.2) is 0 Å². The summed E-state index contributed by atoms with van der Waals surface area (Å²) in [6, 6.07) is 4.54. The Labute approximate surface area is 131 Å². The molecule has 0 fully saturated rings. The minimum absolute atomic E-state index is 0.0180. The molecule has 0 saturated heterocycles. The van der Waals surface area contributed by atoms with Gasteiger partial charge in [-0.05, 0) is 45.7 Å². The van der Waals surface area contributed by atoms with Crippen LogP contribution in [0.3, 0.4) is 0 Å². The summed E-state index contributed by atoms with van der Waals surface area (Å²) in [5, 5.41) is 6.73. The number of halogens is 3. The van der Waals surface area contributed by atoms with Gasteiger partial charge in [-0.25, -0.2) is 9.37 Å². The van der Waals surface area contributed by atoms with Crippen molar-refractivity contribution in [2.75, 3.05) is 5.32 Å². The van der Waals surface area contributed by atoms with E-state index in [1.165, 1.54) is 23.4 Å². The SMILES string of the molecule is Fc1cc(Nc2nc(Cl)nc(-n3cncn3)n2)ccc1Br. The Morgan fingerprint density at radius 3 is 2.81 bits per heavy atom. The minimum atomic E-state index is -0.406. The van der Waals surface area contributed by atoms with Crippen molar-refractivity contribution in [1.29, 1.82) is 0 Å². The van der Waals surface area contributed by atoms with Crippen LogP contribution in [-0.2, 0) is 0 Å². The lowest BCUT2D eigenvalue weighted by atomic mass is 10.3. The molecule has 1 aromatic carbocycles. The van der Waals surface area contributed by atoms with E-state index in [1.807, 2.05) is 0 Å². The highest BCUT2D eigenvalue weighted by atomic mass is 79.9. The standard InChI is InChI=1S/C11H6BrClFN7/c12-7-2-1-6(3-8(7)14)17-10-18-9(13)19-11(20-10)21-5-15-4-16-21/h1-5H,(H,17,18,19,20). The number of hydrogen-bond donors (Lipinski definition) is 1. The number of hydrogen-bond acceptors (Lipinski definition) is 6. The molecular formula is C11H6BrClFN7. The third-order valence-corrected chi connectivity index (χ3v) is 3.21. The number of anilines is 2. The molecule has 0 aliphatic carbocycles. The Hall–Kier alpha value is -2.13. The van der Waals surface area contributed by atoms with Crippen molar-refractivity contribution in [3.8, 4) is 5.95 Å². The van der Waals surface area contributed by atoms with Crippen LogP contribution in [0.1, 0.15) is 0 Å². The molecule has 0 radical (unpaired) electrons. The van der Waals surface area contributed by atoms with Gasteiger partial charge in [0.25, 0.3) is 5.95 Å². The van der Waals surface area contributed by atoms with E-state index < -0.39 is 5.82 Å². The fourth-order valence-corrected chi connectivity index (χ4v) is 1.91. The fraction of sp³-hybridized carbons (Fsp3) is 0. The summed E-state index contributed by atoms with van der Waals surface area (Å²) in [5.41, 5.74) is 0.475. The number of benzene rings is 1. The van der Waals surface area contributed by atoms with Crippen molar-refractivity contribution < 1.29 is 4.39 Å². The molecule has 2 aromatic heterocycles. The van der Waals surface area contributed by atoms with Crippen molar-refractivity contribution in [3.63, 3.8) is 0 Å². The maximum Gasteiger partial charge on any atom is 0.258 e. The first-order chi connectivity index (χ1) is 10.1. The minimum Gasteiger partial charge on any atom is -0.324 e. The molecule has 0 unspecified atom stereocenters. The molecule has 0 spiro atoms. The smallest absolute Gasteiger partial charge is 0.258 e. The third-order valence-electron chi connectivity index (χ3n) is 2.40. The molecule has 106 valence electrons. The van der Waals surface area contributed by atoms with Crippen molar-refractivity contribution in [2.24, 2.45) is 0 Å². The van der Waals surface area contributed by atoms with Crippen LogP contribution in [0.2, 0.25) is 5.28 Å². The van der Waals surface area contributed by atoms with E-state index in [1.54, 1.807) is 12.1 Å². The summed E-state index contributed by atoms with van der Waals surface area (Å²) in [6.07, 6.45) is 2.77. The summed E-state index contributed by atoms with van der Waals surface area (Å²) in [6.45, 7) is 0. The van der Waals surface area contributed by atoms with Crippen molar-refractivity contribution in [3.05, 3.63) is 46.4 Å². The zero-order valence-corrected chi connectivity index (χ0v) is 12.5. The molecule has 7 nitrogen and oxygen atoms in total. The van der Waals surface area contributed by atoms with Crippen LogP contribution in [0, 0.1) is 5.82 Å². The highest BCUT2D eigenvalue weighted by Gasteiger charge is 2.09. The van der Waals surface area contributed by atoms with Gasteiger partial charge in [0, 0.05) is 5.69 Å². The van der Waals surface area contributed by atoms with Gasteiger partial charge in [0.05, 0.1) is 4.47 Å². The average Bonchev–Trinajstić information content (AvgIpc) is 2.96. The quantitative estimate of drug-likeness (QED) is 0.763. The predicted molar refractivity (Wildman–Crippen MR) is 77.1 cm³/mol. The lowest BCUT2D eigenvalue weighted by Crippen LogP contribution is -2.07. The molecule has 1 N–H and O–H groups in total. The van der Waals surface area contributed by atoms with E-state index in [0.29, 0.717) is 10.2 Å². The van der Waals surface area contributed by atoms with E-state index >= 15 is 0 Å². The van der Waals surface area contributed by atoms with Crippen LogP contribution in [0.5, 0.6) is 0 Å². The van der Waals surface area contributed by atoms with Gasteiger partial charge in [0.1, 0.15) is 18.5 Å². The molecule has 10 heteroatoms. The molecule has 3 rings (SSSR count). The maximum atomic E-state index is 13.5. The Bertz CT molecular complexity index is 780. The van der Waals surface area contributed by atoms with Crippen LogP contribution in [0.4, 0.5) is 16.0 Å². The lowest BCUT2D eigenvalue weighted by molar-refractivity contribution is 0.622. The highest BCUT2D eigenvalue weighted by Crippen LogP contribution is 2.21. The average molecular weight is 371 g/mol. The number of aromatic nitrogens is 6. The fourth-order valence-electron chi connectivity index (χ4n) is 1.51. The monoisotopic (exact) mass is 369 g/mol. The van der Waals surface area contributed by atoms with Gasteiger partial charge < -0.3 is 5.32 Å². The van der Waals surface area contributed by atoms with Gasteiger partial charge >= 0.3 is 0 Å². The Morgan fingerprint density at radius 1 is 1.24 bits per heavy atom. The molecule has 3 aromatic rings. The molecule has 2 heterocycles. The number of nitrogens with zero attached hydrogens (tertiary/aromatic N) is 6. The van der Waals surface area contributed by atoms with Crippen LogP contribution in [0.25, 0.3) is 5.95 Å². The van der Waals surface area contributed by atoms with Gasteiger partial charge in [0.2, 0.25) is 11.2 Å². The molecule has 0 aliphatic heterocycles. The number of nitrogens with one attached hydrogen (secondary N) is 1. The van der Waals surface area contributed by atoms with Crippen LogP contribution in [0.15, 0.2) is 35.3 Å². The normalized spacial score (nSPS) is 10.6. The molecule has 0 saturated carbocycles. The first kappa shape index (κ1) is 13.8. The van der Waals surface area contributed by atoms with Gasteiger partial charge in [-0.1, -0.05) is 0 Å². The summed E-state index contributed by atoms with van der Waals surface area (Å²) < 4.78 is 15.2. The summed E-state index contributed by atoms with van der Waals surface area (Å²) >= 11 is 8.92.